The second-order valence-electron chi connectivity index (χ2n) is 3.25. The molecule has 0 radical (unpaired) electrons. The van der Waals surface area contributed by atoms with E-state index < -0.39 is 5.91 Å². The molecule has 2 rings (SSSR count). The SMILES string of the molecule is NC(=O)c1cnc(NCc2cscn2)c(Cl)c1. The molecule has 0 saturated carbocycles. The summed E-state index contributed by atoms with van der Waals surface area (Å²) in [6, 6.07) is 1.49. The number of nitrogens with one attached hydrogen (secondary N) is 1. The highest BCUT2D eigenvalue weighted by Gasteiger charge is 2.07. The maximum Gasteiger partial charge on any atom is 0.250 e. The molecule has 0 aliphatic rings. The minimum Gasteiger partial charge on any atom is -0.366 e. The highest BCUT2D eigenvalue weighted by Crippen LogP contribution is 2.20. The van der Waals surface area contributed by atoms with Crippen LogP contribution in [0, 0.1) is 0 Å². The molecule has 0 fully saturated rings. The summed E-state index contributed by atoms with van der Waals surface area (Å²) in [7, 11) is 0. The van der Waals surface area contributed by atoms with Crippen molar-refractivity contribution in [3.8, 4) is 0 Å². The maximum atomic E-state index is 10.9. The fourth-order valence-electron chi connectivity index (χ4n) is 1.20. The molecule has 5 nitrogen and oxygen atoms in total. The molecule has 3 N–H and O–H groups in total. The Bertz CT molecular complexity index is 529. The molecule has 0 aliphatic carbocycles. The molecule has 17 heavy (non-hydrogen) atoms. The van der Waals surface area contributed by atoms with Crippen molar-refractivity contribution in [1.82, 2.24) is 9.97 Å². The summed E-state index contributed by atoms with van der Waals surface area (Å²) in [5, 5.41) is 5.32. The van der Waals surface area contributed by atoms with Crippen molar-refractivity contribution in [2.75, 3.05) is 5.32 Å². The van der Waals surface area contributed by atoms with Crippen molar-refractivity contribution in [1.29, 1.82) is 0 Å². The first-order chi connectivity index (χ1) is 8.16. The molecule has 0 spiro atoms. The van der Waals surface area contributed by atoms with E-state index in [0.29, 0.717) is 17.4 Å². The average Bonchev–Trinajstić information content (AvgIpc) is 2.80. The zero-order valence-electron chi connectivity index (χ0n) is 8.68. The molecule has 0 aliphatic heterocycles. The third-order valence-electron chi connectivity index (χ3n) is 2.05. The highest BCUT2D eigenvalue weighted by molar-refractivity contribution is 7.07. The largest absolute Gasteiger partial charge is 0.366 e. The quantitative estimate of drug-likeness (QED) is 0.887. The number of amides is 1. The van der Waals surface area contributed by atoms with Gasteiger partial charge in [-0.1, -0.05) is 11.6 Å². The van der Waals surface area contributed by atoms with E-state index >= 15 is 0 Å². The highest BCUT2D eigenvalue weighted by atomic mass is 35.5. The van der Waals surface area contributed by atoms with Gasteiger partial charge < -0.3 is 11.1 Å². The third-order valence-corrected chi connectivity index (χ3v) is 2.97. The first kappa shape index (κ1) is 11.8. The summed E-state index contributed by atoms with van der Waals surface area (Å²) in [5.74, 6) is -0.0462. The van der Waals surface area contributed by atoms with Crippen LogP contribution >= 0.6 is 22.9 Å². The summed E-state index contributed by atoms with van der Waals surface area (Å²) in [6.07, 6.45) is 1.39. The molecule has 88 valence electrons. The van der Waals surface area contributed by atoms with E-state index in [2.05, 4.69) is 15.3 Å². The standard InChI is InChI=1S/C10H9ClN4OS/c11-8-1-6(9(12)16)2-13-10(8)14-3-7-4-17-5-15-7/h1-2,4-5H,3H2,(H2,12,16)(H,13,14). The van der Waals surface area contributed by atoms with Crippen LogP contribution in [0.5, 0.6) is 0 Å². The van der Waals surface area contributed by atoms with Gasteiger partial charge in [-0.2, -0.15) is 0 Å². The second kappa shape index (κ2) is 5.11. The summed E-state index contributed by atoms with van der Waals surface area (Å²) in [6.45, 7) is 0.534. The number of hydrogen-bond acceptors (Lipinski definition) is 5. The van der Waals surface area contributed by atoms with Crippen molar-refractivity contribution in [2.45, 2.75) is 6.54 Å². The van der Waals surface area contributed by atoms with Gasteiger partial charge in [0, 0.05) is 11.6 Å². The lowest BCUT2D eigenvalue weighted by atomic mass is 10.2. The van der Waals surface area contributed by atoms with Crippen molar-refractivity contribution >= 4 is 34.7 Å². The Labute approximate surface area is 107 Å². The number of carbonyl (C=O) groups is 1. The molecule has 0 bridgehead atoms. The molecule has 7 heteroatoms. The zero-order valence-corrected chi connectivity index (χ0v) is 10.3. The Hall–Kier alpha value is -1.66. The van der Waals surface area contributed by atoms with Gasteiger partial charge in [-0.15, -0.1) is 11.3 Å². The summed E-state index contributed by atoms with van der Waals surface area (Å²) < 4.78 is 0. The van der Waals surface area contributed by atoms with Gasteiger partial charge in [0.1, 0.15) is 5.82 Å². The van der Waals surface area contributed by atoms with Crippen LogP contribution in [0.2, 0.25) is 5.02 Å². The molecule has 2 heterocycles. The first-order valence-corrected chi connectivity index (χ1v) is 6.05. The predicted octanol–water partition coefficient (Wildman–Crippen LogP) is 1.90. The van der Waals surface area contributed by atoms with Crippen molar-refractivity contribution in [2.24, 2.45) is 5.73 Å². The topological polar surface area (TPSA) is 80.9 Å². The zero-order chi connectivity index (χ0) is 12.3. The van der Waals surface area contributed by atoms with Gasteiger partial charge in [-0.25, -0.2) is 9.97 Å². The molecule has 0 atom stereocenters. The lowest BCUT2D eigenvalue weighted by molar-refractivity contribution is 0.1000. The normalized spacial score (nSPS) is 10.2. The predicted molar refractivity (Wildman–Crippen MR) is 67.2 cm³/mol. The number of carbonyl (C=O) groups excluding carboxylic acids is 1. The van der Waals surface area contributed by atoms with E-state index in [1.54, 1.807) is 5.51 Å². The van der Waals surface area contributed by atoms with E-state index in [4.69, 9.17) is 17.3 Å². The van der Waals surface area contributed by atoms with Crippen LogP contribution in [-0.2, 0) is 6.54 Å². The molecular formula is C10H9ClN4OS. The van der Waals surface area contributed by atoms with Crippen molar-refractivity contribution in [3.63, 3.8) is 0 Å². The van der Waals surface area contributed by atoms with E-state index in [9.17, 15) is 4.79 Å². The molecule has 2 aromatic rings. The van der Waals surface area contributed by atoms with Gasteiger partial charge in [0.05, 0.1) is 28.3 Å². The summed E-state index contributed by atoms with van der Waals surface area (Å²) in [5.41, 5.74) is 8.06. The van der Waals surface area contributed by atoms with Gasteiger partial charge >= 0.3 is 0 Å². The van der Waals surface area contributed by atoms with E-state index in [-0.39, 0.29) is 5.56 Å². The summed E-state index contributed by atoms with van der Waals surface area (Å²) >= 11 is 7.48. The van der Waals surface area contributed by atoms with Gasteiger partial charge in [-0.05, 0) is 6.07 Å². The smallest absolute Gasteiger partial charge is 0.250 e. The number of halogens is 1. The Balaban J connectivity index is 2.09. The lowest BCUT2D eigenvalue weighted by Gasteiger charge is -2.06. The fraction of sp³-hybridized carbons (Fsp3) is 0.100. The van der Waals surface area contributed by atoms with Gasteiger partial charge in [0.25, 0.3) is 0 Å². The Morgan fingerprint density at radius 2 is 2.35 bits per heavy atom. The number of hydrogen-bond donors (Lipinski definition) is 2. The van der Waals surface area contributed by atoms with E-state index in [0.717, 1.165) is 5.69 Å². The number of anilines is 1. The van der Waals surface area contributed by atoms with Gasteiger partial charge in [0.2, 0.25) is 5.91 Å². The number of primary amides is 1. The maximum absolute atomic E-state index is 10.9. The minimum atomic E-state index is -0.551. The van der Waals surface area contributed by atoms with Crippen LogP contribution in [0.1, 0.15) is 16.1 Å². The van der Waals surface area contributed by atoms with Crippen LogP contribution in [-0.4, -0.2) is 15.9 Å². The Kier molecular flexibility index (Phi) is 3.55. The molecule has 0 unspecified atom stereocenters. The van der Waals surface area contributed by atoms with E-state index in [1.165, 1.54) is 23.6 Å². The molecular weight excluding hydrogens is 260 g/mol. The first-order valence-electron chi connectivity index (χ1n) is 4.73. The summed E-state index contributed by atoms with van der Waals surface area (Å²) in [4.78, 5) is 19.1. The number of aromatic nitrogens is 2. The second-order valence-corrected chi connectivity index (χ2v) is 4.38. The number of nitrogens with two attached hydrogens (primary N) is 1. The van der Waals surface area contributed by atoms with Gasteiger partial charge in [0.15, 0.2) is 0 Å². The Morgan fingerprint density at radius 3 is 2.94 bits per heavy atom. The lowest BCUT2D eigenvalue weighted by Crippen LogP contribution is -2.12. The number of pyridine rings is 1. The van der Waals surface area contributed by atoms with Crippen LogP contribution in [0.3, 0.4) is 0 Å². The van der Waals surface area contributed by atoms with Crippen molar-refractivity contribution < 1.29 is 4.79 Å². The number of rotatable bonds is 4. The molecule has 2 aromatic heterocycles. The van der Waals surface area contributed by atoms with Crippen LogP contribution in [0.4, 0.5) is 5.82 Å². The van der Waals surface area contributed by atoms with Crippen molar-refractivity contribution in [3.05, 3.63) is 39.4 Å². The Morgan fingerprint density at radius 1 is 1.53 bits per heavy atom. The average molecular weight is 269 g/mol. The van der Waals surface area contributed by atoms with E-state index in [1.807, 2.05) is 5.38 Å². The number of nitrogens with zero attached hydrogens (tertiary/aromatic N) is 2. The van der Waals surface area contributed by atoms with Crippen LogP contribution in [0.25, 0.3) is 0 Å². The molecule has 0 aromatic carbocycles. The molecule has 0 saturated heterocycles. The third kappa shape index (κ3) is 2.92. The molecule has 1 amide bonds. The minimum absolute atomic E-state index is 0.286. The fourth-order valence-corrected chi connectivity index (χ4v) is 1.99. The number of thiazole rings is 1. The monoisotopic (exact) mass is 268 g/mol. The van der Waals surface area contributed by atoms with Gasteiger partial charge in [-0.3, -0.25) is 4.79 Å². The van der Waals surface area contributed by atoms with Crippen LogP contribution < -0.4 is 11.1 Å². The van der Waals surface area contributed by atoms with Crippen LogP contribution in [0.15, 0.2) is 23.2 Å².